The van der Waals surface area contributed by atoms with Gasteiger partial charge in [0.05, 0.1) is 19.2 Å². The van der Waals surface area contributed by atoms with Crippen LogP contribution in [0.5, 0.6) is 11.5 Å². The van der Waals surface area contributed by atoms with Crippen LogP contribution >= 0.6 is 24.0 Å². The van der Waals surface area contributed by atoms with Crippen molar-refractivity contribution < 1.29 is 9.47 Å². The van der Waals surface area contributed by atoms with E-state index >= 15 is 0 Å². The molecule has 0 aromatic heterocycles. The third kappa shape index (κ3) is 5.09. The molecule has 2 rings (SSSR count). The largest absolute Gasteiger partial charge is 0.493 e. The molecule has 3 nitrogen and oxygen atoms in total. The SMILES string of the molecule is COc1cc(CNCCc2ccccc2)cc(Cl)c1OC.Cl. The van der Waals surface area contributed by atoms with Gasteiger partial charge in [0.15, 0.2) is 11.5 Å². The molecule has 0 radical (unpaired) electrons. The number of rotatable bonds is 7. The van der Waals surface area contributed by atoms with Gasteiger partial charge in [0, 0.05) is 6.54 Å². The number of benzene rings is 2. The smallest absolute Gasteiger partial charge is 0.179 e. The predicted octanol–water partition coefficient (Wildman–Crippen LogP) is 4.11. The summed E-state index contributed by atoms with van der Waals surface area (Å²) in [6.45, 7) is 1.66. The van der Waals surface area contributed by atoms with Gasteiger partial charge in [0.2, 0.25) is 0 Å². The van der Waals surface area contributed by atoms with Crippen LogP contribution in [0.2, 0.25) is 5.02 Å². The second-order valence-electron chi connectivity index (χ2n) is 4.73. The molecule has 2 aromatic rings. The van der Waals surface area contributed by atoms with Crippen LogP contribution in [0.1, 0.15) is 11.1 Å². The highest BCUT2D eigenvalue weighted by Gasteiger charge is 2.10. The lowest BCUT2D eigenvalue weighted by Crippen LogP contribution is -2.16. The molecule has 120 valence electrons. The van der Waals surface area contributed by atoms with Gasteiger partial charge in [-0.25, -0.2) is 0 Å². The Morgan fingerprint density at radius 3 is 2.36 bits per heavy atom. The standard InChI is InChI=1S/C17H20ClNO2.ClH/c1-20-16-11-14(10-15(18)17(16)21-2)12-19-9-8-13-6-4-3-5-7-13;/h3-7,10-11,19H,8-9,12H2,1-2H3;1H. The average molecular weight is 342 g/mol. The molecule has 0 spiro atoms. The van der Waals surface area contributed by atoms with E-state index in [-0.39, 0.29) is 12.4 Å². The van der Waals surface area contributed by atoms with Gasteiger partial charge < -0.3 is 14.8 Å². The minimum atomic E-state index is 0. The number of halogens is 2. The number of hydrogen-bond acceptors (Lipinski definition) is 3. The van der Waals surface area contributed by atoms with E-state index in [0.717, 1.165) is 25.1 Å². The zero-order valence-corrected chi connectivity index (χ0v) is 14.3. The fourth-order valence-corrected chi connectivity index (χ4v) is 2.49. The Morgan fingerprint density at radius 2 is 1.73 bits per heavy atom. The van der Waals surface area contributed by atoms with E-state index in [9.17, 15) is 0 Å². The summed E-state index contributed by atoms with van der Waals surface area (Å²) in [6, 6.07) is 14.3. The highest BCUT2D eigenvalue weighted by atomic mass is 35.5. The molecule has 2 aromatic carbocycles. The predicted molar refractivity (Wildman–Crippen MR) is 93.7 cm³/mol. The Bertz CT molecular complexity index is 576. The van der Waals surface area contributed by atoms with Crippen LogP contribution in [-0.4, -0.2) is 20.8 Å². The Hall–Kier alpha value is -1.42. The summed E-state index contributed by atoms with van der Waals surface area (Å²) in [5.41, 5.74) is 2.40. The van der Waals surface area contributed by atoms with Crippen LogP contribution in [0.15, 0.2) is 42.5 Å². The van der Waals surface area contributed by atoms with Crippen molar-refractivity contribution in [3.63, 3.8) is 0 Å². The normalized spacial score (nSPS) is 9.95. The summed E-state index contributed by atoms with van der Waals surface area (Å²) in [6.07, 6.45) is 1.00. The minimum Gasteiger partial charge on any atom is -0.493 e. The van der Waals surface area contributed by atoms with Gasteiger partial charge in [-0.1, -0.05) is 41.9 Å². The maximum absolute atomic E-state index is 6.19. The zero-order valence-electron chi connectivity index (χ0n) is 12.8. The molecule has 0 saturated heterocycles. The molecule has 0 aliphatic heterocycles. The Kier molecular flexibility index (Phi) is 8.10. The van der Waals surface area contributed by atoms with Gasteiger partial charge >= 0.3 is 0 Å². The first-order chi connectivity index (χ1) is 10.2. The lowest BCUT2D eigenvalue weighted by molar-refractivity contribution is 0.354. The van der Waals surface area contributed by atoms with Crippen LogP contribution in [0.25, 0.3) is 0 Å². The van der Waals surface area contributed by atoms with Gasteiger partial charge in [0.25, 0.3) is 0 Å². The Balaban J connectivity index is 0.00000242. The summed E-state index contributed by atoms with van der Waals surface area (Å²) in [4.78, 5) is 0. The van der Waals surface area contributed by atoms with Crippen molar-refractivity contribution in [1.82, 2.24) is 5.32 Å². The van der Waals surface area contributed by atoms with Crippen molar-refractivity contribution in [2.24, 2.45) is 0 Å². The monoisotopic (exact) mass is 341 g/mol. The Labute approximate surface area is 143 Å². The summed E-state index contributed by atoms with van der Waals surface area (Å²) >= 11 is 6.19. The molecule has 1 N–H and O–H groups in total. The first-order valence-electron chi connectivity index (χ1n) is 6.89. The van der Waals surface area contributed by atoms with Crippen molar-refractivity contribution in [3.05, 3.63) is 58.6 Å². The quantitative estimate of drug-likeness (QED) is 0.768. The van der Waals surface area contributed by atoms with Crippen molar-refractivity contribution in [2.45, 2.75) is 13.0 Å². The first-order valence-corrected chi connectivity index (χ1v) is 7.27. The van der Waals surface area contributed by atoms with Crippen molar-refractivity contribution in [3.8, 4) is 11.5 Å². The van der Waals surface area contributed by atoms with Gasteiger partial charge in [-0.05, 0) is 36.2 Å². The molecule has 0 amide bonds. The maximum atomic E-state index is 6.19. The molecule has 0 heterocycles. The summed E-state index contributed by atoms with van der Waals surface area (Å²) in [5, 5.41) is 3.98. The number of hydrogen-bond donors (Lipinski definition) is 1. The molecular formula is C17H21Cl2NO2. The van der Waals surface area contributed by atoms with Crippen molar-refractivity contribution >= 4 is 24.0 Å². The molecule has 0 unspecified atom stereocenters. The molecular weight excluding hydrogens is 321 g/mol. The van der Waals surface area contributed by atoms with E-state index in [4.69, 9.17) is 21.1 Å². The fourth-order valence-electron chi connectivity index (χ4n) is 2.18. The molecule has 0 aliphatic carbocycles. The lowest BCUT2D eigenvalue weighted by atomic mass is 10.1. The van der Waals surface area contributed by atoms with Gasteiger partial charge in [-0.3, -0.25) is 0 Å². The van der Waals surface area contributed by atoms with Crippen molar-refractivity contribution in [2.75, 3.05) is 20.8 Å². The molecule has 5 heteroatoms. The first kappa shape index (κ1) is 18.6. The molecule has 22 heavy (non-hydrogen) atoms. The van der Waals surface area contributed by atoms with Crippen molar-refractivity contribution in [1.29, 1.82) is 0 Å². The summed E-state index contributed by atoms with van der Waals surface area (Å²) < 4.78 is 10.5. The van der Waals surface area contributed by atoms with Crippen LogP contribution < -0.4 is 14.8 Å². The fraction of sp³-hybridized carbons (Fsp3) is 0.294. The third-order valence-corrected chi connectivity index (χ3v) is 3.54. The lowest BCUT2D eigenvalue weighted by Gasteiger charge is -2.12. The van der Waals surface area contributed by atoms with E-state index in [0.29, 0.717) is 16.5 Å². The summed E-state index contributed by atoms with van der Waals surface area (Å²) in [5.74, 6) is 1.23. The van der Waals surface area contributed by atoms with Gasteiger partial charge in [-0.15, -0.1) is 12.4 Å². The van der Waals surface area contributed by atoms with E-state index in [1.165, 1.54) is 5.56 Å². The molecule has 0 bridgehead atoms. The van der Waals surface area contributed by atoms with E-state index < -0.39 is 0 Å². The zero-order chi connectivity index (χ0) is 15.1. The van der Waals surface area contributed by atoms with E-state index in [1.54, 1.807) is 14.2 Å². The third-order valence-electron chi connectivity index (χ3n) is 3.26. The van der Waals surface area contributed by atoms with Crippen LogP contribution in [-0.2, 0) is 13.0 Å². The maximum Gasteiger partial charge on any atom is 0.179 e. The highest BCUT2D eigenvalue weighted by molar-refractivity contribution is 6.32. The van der Waals surface area contributed by atoms with Crippen LogP contribution in [0, 0.1) is 0 Å². The minimum absolute atomic E-state index is 0. The number of ether oxygens (including phenoxy) is 2. The molecule has 0 saturated carbocycles. The molecule has 0 aliphatic rings. The molecule has 0 atom stereocenters. The second-order valence-corrected chi connectivity index (χ2v) is 5.13. The number of methoxy groups -OCH3 is 2. The van der Waals surface area contributed by atoms with E-state index in [2.05, 4.69) is 29.6 Å². The number of nitrogens with one attached hydrogen (secondary N) is 1. The van der Waals surface area contributed by atoms with Crippen LogP contribution in [0.4, 0.5) is 0 Å². The van der Waals surface area contributed by atoms with E-state index in [1.807, 2.05) is 18.2 Å². The molecule has 0 fully saturated rings. The van der Waals surface area contributed by atoms with Crippen LogP contribution in [0.3, 0.4) is 0 Å². The van der Waals surface area contributed by atoms with Gasteiger partial charge in [0.1, 0.15) is 0 Å². The second kappa shape index (κ2) is 9.57. The Morgan fingerprint density at radius 1 is 1.00 bits per heavy atom. The average Bonchev–Trinajstić information content (AvgIpc) is 2.52. The topological polar surface area (TPSA) is 30.5 Å². The summed E-state index contributed by atoms with van der Waals surface area (Å²) in [7, 11) is 3.20. The van der Waals surface area contributed by atoms with Gasteiger partial charge in [-0.2, -0.15) is 0 Å². The highest BCUT2D eigenvalue weighted by Crippen LogP contribution is 2.35.